The number of hydrogen-bond donors (Lipinski definition) is 0. The van der Waals surface area contributed by atoms with E-state index >= 15 is 0 Å². The lowest BCUT2D eigenvalue weighted by atomic mass is 9.70. The van der Waals surface area contributed by atoms with E-state index in [0.717, 1.165) is 23.7 Å². The smallest absolute Gasteiger partial charge is 0.332 e. The summed E-state index contributed by atoms with van der Waals surface area (Å²) < 4.78 is 12.8. The molecule has 0 aromatic heterocycles. The van der Waals surface area contributed by atoms with Gasteiger partial charge in [-0.1, -0.05) is 90.0 Å². The van der Waals surface area contributed by atoms with Gasteiger partial charge in [-0.3, -0.25) is 0 Å². The van der Waals surface area contributed by atoms with Crippen molar-refractivity contribution in [1.82, 2.24) is 0 Å². The van der Waals surface area contributed by atoms with Crippen LogP contribution < -0.4 is 0 Å². The second-order valence-corrected chi connectivity index (χ2v) is 15.7. The van der Waals surface area contributed by atoms with Gasteiger partial charge in [0.05, 0.1) is 6.10 Å². The van der Waals surface area contributed by atoms with Crippen molar-refractivity contribution in [1.29, 1.82) is 0 Å². The van der Waals surface area contributed by atoms with Crippen molar-refractivity contribution in [3.63, 3.8) is 0 Å². The third-order valence-corrected chi connectivity index (χ3v) is 14.2. The first-order valence-corrected chi connectivity index (χ1v) is 14.3. The van der Waals surface area contributed by atoms with Crippen molar-refractivity contribution < 1.29 is 14.3 Å². The Bertz CT molecular complexity index is 684. The van der Waals surface area contributed by atoms with Crippen molar-refractivity contribution in [2.24, 2.45) is 16.7 Å². The Morgan fingerprint density at radius 1 is 1.10 bits per heavy atom. The molecule has 2 saturated carbocycles. The van der Waals surface area contributed by atoms with Crippen LogP contribution in [0.25, 0.3) is 0 Å². The van der Waals surface area contributed by atoms with Crippen LogP contribution in [-0.2, 0) is 20.9 Å². The van der Waals surface area contributed by atoms with Gasteiger partial charge in [0.25, 0.3) is 0 Å². The first-order valence-electron chi connectivity index (χ1n) is 11.6. The minimum absolute atomic E-state index is 0.125. The normalized spacial score (nSPS) is 29.0. The van der Waals surface area contributed by atoms with Crippen LogP contribution in [0.15, 0.2) is 30.3 Å². The molecule has 0 saturated heterocycles. The number of rotatable bonds is 9. The molecule has 0 aliphatic heterocycles. The minimum Gasteiger partial charge on any atom is -0.459 e. The van der Waals surface area contributed by atoms with Gasteiger partial charge in [0.15, 0.2) is 0 Å². The summed E-state index contributed by atoms with van der Waals surface area (Å²) in [6, 6.07) is 13.1. The molecule has 4 unspecified atom stereocenters. The molecule has 0 N–H and O–H groups in total. The highest BCUT2D eigenvalue weighted by Crippen LogP contribution is 2.64. The van der Waals surface area contributed by atoms with Crippen LogP contribution in [-0.4, -0.2) is 25.9 Å². The number of ether oxygens (including phenoxy) is 2. The quantitative estimate of drug-likeness (QED) is 0.346. The van der Waals surface area contributed by atoms with E-state index in [1.165, 1.54) is 19.3 Å². The molecule has 1 aromatic carbocycles. The monoisotopic (exact) mass is 416 g/mol. The molecule has 0 radical (unpaired) electrons. The summed E-state index contributed by atoms with van der Waals surface area (Å²) in [4.78, 5) is 13.4. The lowest BCUT2D eigenvalue weighted by Gasteiger charge is -2.46. The zero-order chi connectivity index (χ0) is 21.3. The SMILES string of the molecule is CC[Si](CC)(CC)C(OC1C2(C)CCC(C2)C1(C)C)C(=O)OCc1ccccc1. The van der Waals surface area contributed by atoms with Crippen molar-refractivity contribution in [3.8, 4) is 0 Å². The van der Waals surface area contributed by atoms with E-state index in [2.05, 4.69) is 41.5 Å². The summed E-state index contributed by atoms with van der Waals surface area (Å²) in [5.74, 6) is 0.577. The number of esters is 1. The molecule has 3 nitrogen and oxygen atoms in total. The van der Waals surface area contributed by atoms with Gasteiger partial charge in [0.1, 0.15) is 20.4 Å². The topological polar surface area (TPSA) is 35.5 Å². The van der Waals surface area contributed by atoms with Crippen molar-refractivity contribution in [2.45, 2.75) is 97.4 Å². The van der Waals surface area contributed by atoms with Crippen LogP contribution in [0.4, 0.5) is 0 Å². The zero-order valence-corrected chi connectivity index (χ0v) is 20.3. The fraction of sp³-hybridized carbons (Fsp3) is 0.720. The van der Waals surface area contributed by atoms with E-state index in [0.29, 0.717) is 12.5 Å². The largest absolute Gasteiger partial charge is 0.459 e. The van der Waals surface area contributed by atoms with Crippen LogP contribution in [0.1, 0.15) is 66.4 Å². The Morgan fingerprint density at radius 2 is 1.72 bits per heavy atom. The maximum absolute atomic E-state index is 13.4. The Labute approximate surface area is 178 Å². The molecule has 4 heteroatoms. The van der Waals surface area contributed by atoms with E-state index in [-0.39, 0.29) is 28.6 Å². The second kappa shape index (κ2) is 8.54. The Balaban J connectivity index is 1.84. The Morgan fingerprint density at radius 3 is 2.24 bits per heavy atom. The fourth-order valence-corrected chi connectivity index (χ4v) is 9.91. The zero-order valence-electron chi connectivity index (χ0n) is 19.3. The fourth-order valence-electron chi connectivity index (χ4n) is 6.29. The predicted octanol–water partition coefficient (Wildman–Crippen LogP) is 6.38. The van der Waals surface area contributed by atoms with E-state index in [1.807, 2.05) is 30.3 Å². The molecule has 2 aliphatic rings. The number of benzene rings is 1. The summed E-state index contributed by atoms with van der Waals surface area (Å²) >= 11 is 0. The maximum Gasteiger partial charge on any atom is 0.332 e. The van der Waals surface area contributed by atoms with E-state index in [9.17, 15) is 4.79 Å². The van der Waals surface area contributed by atoms with Gasteiger partial charge in [-0.25, -0.2) is 4.79 Å². The molecule has 0 heterocycles. The highest BCUT2D eigenvalue weighted by atomic mass is 28.3. The molecule has 2 aliphatic carbocycles. The highest BCUT2D eigenvalue weighted by molar-refractivity contribution is 6.83. The average Bonchev–Trinajstić information content (AvgIpc) is 3.21. The molecule has 1 aromatic rings. The summed E-state index contributed by atoms with van der Waals surface area (Å²) in [7, 11) is -1.94. The van der Waals surface area contributed by atoms with E-state index < -0.39 is 8.07 Å². The summed E-state index contributed by atoms with van der Waals surface area (Å²) in [6.45, 7) is 14.1. The molecule has 29 heavy (non-hydrogen) atoms. The van der Waals surface area contributed by atoms with Crippen LogP contribution in [0.5, 0.6) is 0 Å². The number of carbonyl (C=O) groups is 1. The van der Waals surface area contributed by atoms with Gasteiger partial charge in [0, 0.05) is 0 Å². The van der Waals surface area contributed by atoms with Crippen LogP contribution in [0, 0.1) is 16.7 Å². The first-order chi connectivity index (χ1) is 13.7. The summed E-state index contributed by atoms with van der Waals surface area (Å²) in [5.41, 5.74) is 0.984. The lowest BCUT2D eigenvalue weighted by molar-refractivity contribution is -0.167. The third-order valence-electron chi connectivity index (χ3n) is 8.52. The number of hydrogen-bond acceptors (Lipinski definition) is 3. The molecule has 4 atom stereocenters. The molecule has 0 amide bonds. The van der Waals surface area contributed by atoms with E-state index in [1.54, 1.807) is 0 Å². The van der Waals surface area contributed by atoms with Crippen molar-refractivity contribution in [3.05, 3.63) is 35.9 Å². The molecule has 2 fully saturated rings. The highest BCUT2D eigenvalue weighted by Gasteiger charge is 2.62. The van der Waals surface area contributed by atoms with Gasteiger partial charge in [-0.15, -0.1) is 0 Å². The molecule has 3 rings (SSSR count). The molecule has 0 spiro atoms. The number of fused-ring (bicyclic) bond motifs is 2. The summed E-state index contributed by atoms with van der Waals surface area (Å²) in [6.07, 6.45) is 3.88. The van der Waals surface area contributed by atoms with Gasteiger partial charge in [-0.2, -0.15) is 0 Å². The lowest BCUT2D eigenvalue weighted by Crippen LogP contribution is -2.57. The van der Waals surface area contributed by atoms with E-state index in [4.69, 9.17) is 9.47 Å². The average molecular weight is 417 g/mol. The molecule has 162 valence electrons. The van der Waals surface area contributed by atoms with Gasteiger partial charge < -0.3 is 9.47 Å². The molecule has 2 bridgehead atoms. The Hall–Kier alpha value is -1.13. The van der Waals surface area contributed by atoms with Gasteiger partial charge in [0.2, 0.25) is 0 Å². The third kappa shape index (κ3) is 4.07. The van der Waals surface area contributed by atoms with Crippen LogP contribution in [0.2, 0.25) is 18.1 Å². The molecular weight excluding hydrogens is 376 g/mol. The van der Waals surface area contributed by atoms with Gasteiger partial charge >= 0.3 is 5.97 Å². The minimum atomic E-state index is -1.94. The van der Waals surface area contributed by atoms with Crippen LogP contribution >= 0.6 is 0 Å². The van der Waals surface area contributed by atoms with Crippen molar-refractivity contribution in [2.75, 3.05) is 0 Å². The van der Waals surface area contributed by atoms with Gasteiger partial charge in [-0.05, 0) is 41.6 Å². The summed E-state index contributed by atoms with van der Waals surface area (Å²) in [5, 5.41) is 0. The standard InChI is InChI=1S/C25H40O3Si/c1-7-29(8-2,9-3)22(21(26)27-18-19-13-11-10-12-14-19)28-23-24(4,5)20-15-16-25(23,6)17-20/h10-14,20,22-23H,7-9,15-18H2,1-6H3. The number of carbonyl (C=O) groups excluding carboxylic acids is 1. The maximum atomic E-state index is 13.4. The molecular formula is C25H40O3Si. The Kier molecular flexibility index (Phi) is 6.64. The van der Waals surface area contributed by atoms with Crippen molar-refractivity contribution >= 4 is 14.0 Å². The first kappa shape index (κ1) is 22.5. The van der Waals surface area contributed by atoms with Crippen LogP contribution in [0.3, 0.4) is 0 Å². The predicted molar refractivity (Wildman–Crippen MR) is 121 cm³/mol. The second-order valence-electron chi connectivity index (χ2n) is 10.3.